The van der Waals surface area contributed by atoms with Gasteiger partial charge in [-0.15, -0.1) is 0 Å². The van der Waals surface area contributed by atoms with E-state index in [-0.39, 0.29) is 6.17 Å². The molecule has 1 aromatic rings. The van der Waals surface area contributed by atoms with Gasteiger partial charge in [0, 0.05) is 7.05 Å². The number of thiophene rings is 1. The van der Waals surface area contributed by atoms with Gasteiger partial charge in [-0.25, -0.2) is 4.99 Å². The van der Waals surface area contributed by atoms with Crippen molar-refractivity contribution in [1.29, 1.82) is 0 Å². The molecule has 1 unspecified atom stereocenters. The van der Waals surface area contributed by atoms with Gasteiger partial charge in [-0.3, -0.25) is 10.3 Å². The maximum Gasteiger partial charge on any atom is 0.200 e. The van der Waals surface area contributed by atoms with Crippen molar-refractivity contribution in [3.63, 3.8) is 0 Å². The molecular formula is C10H15N5S. The van der Waals surface area contributed by atoms with Gasteiger partial charge in [0.2, 0.25) is 0 Å². The zero-order valence-electron chi connectivity index (χ0n) is 9.32. The Labute approximate surface area is 98.7 Å². The highest BCUT2D eigenvalue weighted by atomic mass is 32.1. The highest BCUT2D eigenvalue weighted by Crippen LogP contribution is 2.06. The van der Waals surface area contributed by atoms with Crippen LogP contribution < -0.4 is 16.0 Å². The lowest BCUT2D eigenvalue weighted by atomic mass is 10.3. The summed E-state index contributed by atoms with van der Waals surface area (Å²) in [6, 6.07) is 2.08. The van der Waals surface area contributed by atoms with Gasteiger partial charge in [0.05, 0.1) is 12.7 Å². The zero-order valence-corrected chi connectivity index (χ0v) is 10.1. The highest BCUT2D eigenvalue weighted by molar-refractivity contribution is 7.07. The minimum absolute atomic E-state index is 0.140. The molecule has 16 heavy (non-hydrogen) atoms. The lowest BCUT2D eigenvalue weighted by Crippen LogP contribution is -2.61. The molecular weight excluding hydrogens is 222 g/mol. The molecule has 1 aliphatic heterocycles. The van der Waals surface area contributed by atoms with Gasteiger partial charge in [-0.2, -0.15) is 11.3 Å². The second-order valence-corrected chi connectivity index (χ2v) is 4.28. The Bertz CT molecular complexity index is 395. The second-order valence-electron chi connectivity index (χ2n) is 3.50. The van der Waals surface area contributed by atoms with Crippen molar-refractivity contribution in [2.75, 3.05) is 7.05 Å². The van der Waals surface area contributed by atoms with E-state index in [2.05, 4.69) is 42.8 Å². The van der Waals surface area contributed by atoms with Crippen LogP contribution in [0.15, 0.2) is 26.8 Å². The van der Waals surface area contributed by atoms with Gasteiger partial charge < -0.3 is 10.6 Å². The molecule has 3 N–H and O–H groups in total. The van der Waals surface area contributed by atoms with E-state index in [4.69, 9.17) is 0 Å². The van der Waals surface area contributed by atoms with Gasteiger partial charge in [0.1, 0.15) is 0 Å². The lowest BCUT2D eigenvalue weighted by Gasteiger charge is -2.27. The molecule has 1 aromatic heterocycles. The van der Waals surface area contributed by atoms with E-state index < -0.39 is 0 Å². The molecule has 5 nitrogen and oxygen atoms in total. The van der Waals surface area contributed by atoms with Crippen LogP contribution in [0.25, 0.3) is 0 Å². The van der Waals surface area contributed by atoms with Gasteiger partial charge in [-0.1, -0.05) is 0 Å². The molecule has 2 heterocycles. The van der Waals surface area contributed by atoms with Crippen LogP contribution in [0.1, 0.15) is 12.5 Å². The molecule has 1 fully saturated rings. The molecule has 0 spiro atoms. The van der Waals surface area contributed by atoms with E-state index in [0.29, 0.717) is 6.54 Å². The van der Waals surface area contributed by atoms with Crippen LogP contribution in [-0.2, 0) is 6.54 Å². The summed E-state index contributed by atoms with van der Waals surface area (Å²) >= 11 is 1.69. The predicted molar refractivity (Wildman–Crippen MR) is 67.7 cm³/mol. The number of hydrogen-bond donors (Lipinski definition) is 3. The Morgan fingerprint density at radius 1 is 1.38 bits per heavy atom. The van der Waals surface area contributed by atoms with Crippen molar-refractivity contribution >= 4 is 23.3 Å². The molecule has 6 heteroatoms. The summed E-state index contributed by atoms with van der Waals surface area (Å²) in [6.45, 7) is 2.70. The Balaban J connectivity index is 2.00. The van der Waals surface area contributed by atoms with E-state index in [0.717, 1.165) is 11.9 Å². The summed E-state index contributed by atoms with van der Waals surface area (Å²) in [6.07, 6.45) is 0.140. The Hall–Kier alpha value is -1.56. The highest BCUT2D eigenvalue weighted by Gasteiger charge is 2.14. The summed E-state index contributed by atoms with van der Waals surface area (Å²) in [5.41, 5.74) is 1.22. The predicted octanol–water partition coefficient (Wildman–Crippen LogP) is 0.718. The molecule has 86 valence electrons. The number of guanidine groups is 2. The van der Waals surface area contributed by atoms with Crippen molar-refractivity contribution in [2.24, 2.45) is 9.98 Å². The lowest BCUT2D eigenvalue weighted by molar-refractivity contribution is 0.584. The van der Waals surface area contributed by atoms with Gasteiger partial charge in [0.25, 0.3) is 0 Å². The smallest absolute Gasteiger partial charge is 0.200 e. The van der Waals surface area contributed by atoms with Gasteiger partial charge >= 0.3 is 0 Å². The summed E-state index contributed by atoms with van der Waals surface area (Å²) in [5.74, 6) is 1.51. The van der Waals surface area contributed by atoms with E-state index in [1.54, 1.807) is 18.4 Å². The molecule has 0 radical (unpaired) electrons. The van der Waals surface area contributed by atoms with Crippen LogP contribution in [0.4, 0.5) is 0 Å². The fourth-order valence-corrected chi connectivity index (χ4v) is 2.05. The fraction of sp³-hybridized carbons (Fsp3) is 0.400. The largest absolute Gasteiger partial charge is 0.336 e. The third kappa shape index (κ3) is 2.73. The number of nitrogens with zero attached hydrogens (tertiary/aromatic N) is 2. The average molecular weight is 237 g/mol. The molecule has 0 amide bonds. The number of rotatable bonds is 2. The number of nitrogens with one attached hydrogen (secondary N) is 3. The maximum atomic E-state index is 4.45. The third-order valence-electron chi connectivity index (χ3n) is 2.17. The number of aliphatic imine (C=N–C) groups is 2. The summed E-state index contributed by atoms with van der Waals surface area (Å²) in [7, 11) is 1.74. The summed E-state index contributed by atoms with van der Waals surface area (Å²) in [5, 5.41) is 13.6. The van der Waals surface area contributed by atoms with E-state index >= 15 is 0 Å². The van der Waals surface area contributed by atoms with Crippen LogP contribution in [0.5, 0.6) is 0 Å². The first kappa shape index (κ1) is 10.9. The quantitative estimate of drug-likeness (QED) is 0.710. The monoisotopic (exact) mass is 237 g/mol. The van der Waals surface area contributed by atoms with Crippen molar-refractivity contribution in [2.45, 2.75) is 19.6 Å². The Morgan fingerprint density at radius 2 is 2.19 bits per heavy atom. The minimum atomic E-state index is 0.140. The third-order valence-corrected chi connectivity index (χ3v) is 2.90. The Kier molecular flexibility index (Phi) is 3.40. The standard InChI is InChI=1S/C10H15N5S/c1-7-13-9(11-2)15-10(14-7)12-5-8-3-4-16-6-8/h3-4,6-7H,5H2,1-2H3,(H3,11,12,13,14,15). The van der Waals surface area contributed by atoms with Crippen LogP contribution in [0, 0.1) is 0 Å². The first-order valence-corrected chi connectivity index (χ1v) is 6.04. The molecule has 0 saturated carbocycles. The SMILES string of the molecule is CN=C1NC(=NCc2ccsc2)NC(C)N1. The van der Waals surface area contributed by atoms with Crippen LogP contribution in [0.2, 0.25) is 0 Å². The maximum absolute atomic E-state index is 4.45. The molecule has 1 saturated heterocycles. The van der Waals surface area contributed by atoms with E-state index in [1.807, 2.05) is 6.92 Å². The second kappa shape index (κ2) is 4.98. The van der Waals surface area contributed by atoms with E-state index in [1.165, 1.54) is 5.56 Å². The normalized spacial score (nSPS) is 25.0. The van der Waals surface area contributed by atoms with Crippen molar-refractivity contribution in [3.8, 4) is 0 Å². The topological polar surface area (TPSA) is 60.8 Å². The minimum Gasteiger partial charge on any atom is -0.336 e. The number of hydrogen-bond acceptors (Lipinski definition) is 3. The molecule has 0 aromatic carbocycles. The van der Waals surface area contributed by atoms with Gasteiger partial charge in [0.15, 0.2) is 11.9 Å². The Morgan fingerprint density at radius 3 is 2.88 bits per heavy atom. The van der Waals surface area contributed by atoms with Gasteiger partial charge in [-0.05, 0) is 29.3 Å². The van der Waals surface area contributed by atoms with Crippen LogP contribution in [0.3, 0.4) is 0 Å². The summed E-state index contributed by atoms with van der Waals surface area (Å²) in [4.78, 5) is 8.52. The average Bonchev–Trinajstić information content (AvgIpc) is 2.78. The van der Waals surface area contributed by atoms with Crippen LogP contribution >= 0.6 is 11.3 Å². The molecule has 1 atom stereocenters. The summed E-state index contributed by atoms with van der Waals surface area (Å²) < 4.78 is 0. The molecule has 2 rings (SSSR count). The fourth-order valence-electron chi connectivity index (χ4n) is 1.39. The van der Waals surface area contributed by atoms with Crippen molar-refractivity contribution in [1.82, 2.24) is 16.0 Å². The van der Waals surface area contributed by atoms with Crippen LogP contribution in [-0.4, -0.2) is 25.1 Å². The van der Waals surface area contributed by atoms with E-state index in [9.17, 15) is 0 Å². The van der Waals surface area contributed by atoms with Crippen molar-refractivity contribution in [3.05, 3.63) is 22.4 Å². The first-order chi connectivity index (χ1) is 7.78. The zero-order chi connectivity index (χ0) is 11.4. The molecule has 0 bridgehead atoms. The first-order valence-electron chi connectivity index (χ1n) is 5.10. The molecule has 0 aliphatic carbocycles. The molecule has 1 aliphatic rings. The van der Waals surface area contributed by atoms with Crippen molar-refractivity contribution < 1.29 is 0 Å².